The largest absolute Gasteiger partial charge is 0.493 e. The van der Waals surface area contributed by atoms with Crippen molar-refractivity contribution in [2.24, 2.45) is 0 Å². The fourth-order valence-corrected chi connectivity index (χ4v) is 2.46. The molecule has 0 saturated heterocycles. The molecular weight excluding hydrogens is 373 g/mol. The normalized spacial score (nSPS) is 10.5. The average Bonchev–Trinajstić information content (AvgIpc) is 2.71. The molecule has 152 valence electrons. The van der Waals surface area contributed by atoms with Crippen molar-refractivity contribution < 1.29 is 27.4 Å². The van der Waals surface area contributed by atoms with Crippen LogP contribution in [0.25, 0.3) is 0 Å². The minimum absolute atomic E-state index is 0.214. The molecule has 0 aromatic heterocycles. The minimum Gasteiger partial charge on any atom is -0.493 e. The fraction of sp³-hybridized carbons (Fsp3) is 0.350. The Morgan fingerprint density at radius 3 is 2.50 bits per heavy atom. The van der Waals surface area contributed by atoms with Crippen molar-refractivity contribution in [3.63, 3.8) is 0 Å². The Balaban J connectivity index is 1.98. The van der Waals surface area contributed by atoms with Crippen molar-refractivity contribution in [2.45, 2.75) is 32.6 Å². The SMILES string of the molecule is CCCCCCOc1ccc(C(=O)NNc2ccc(F)c(F)c2F)cc1OC. The molecule has 0 radical (unpaired) electrons. The quantitative estimate of drug-likeness (QED) is 0.343. The number of hydrogen-bond acceptors (Lipinski definition) is 4. The summed E-state index contributed by atoms with van der Waals surface area (Å²) < 4.78 is 50.7. The van der Waals surface area contributed by atoms with E-state index in [1.807, 2.05) is 0 Å². The number of benzene rings is 2. The Morgan fingerprint density at radius 2 is 1.79 bits per heavy atom. The van der Waals surface area contributed by atoms with Crippen molar-refractivity contribution in [3.8, 4) is 11.5 Å². The molecule has 2 N–H and O–H groups in total. The van der Waals surface area contributed by atoms with Gasteiger partial charge in [0.1, 0.15) is 0 Å². The van der Waals surface area contributed by atoms with Crippen LogP contribution in [0.4, 0.5) is 18.9 Å². The molecule has 0 aliphatic carbocycles. The number of rotatable bonds is 10. The van der Waals surface area contributed by atoms with Gasteiger partial charge in [0, 0.05) is 5.56 Å². The van der Waals surface area contributed by atoms with Crippen LogP contribution >= 0.6 is 0 Å². The summed E-state index contributed by atoms with van der Waals surface area (Å²) in [6.07, 6.45) is 4.27. The highest BCUT2D eigenvalue weighted by Crippen LogP contribution is 2.28. The van der Waals surface area contributed by atoms with Gasteiger partial charge in [-0.05, 0) is 36.8 Å². The van der Waals surface area contributed by atoms with Gasteiger partial charge in [0.2, 0.25) is 0 Å². The predicted molar refractivity (Wildman–Crippen MR) is 100 cm³/mol. The number of hydrogen-bond donors (Lipinski definition) is 2. The number of anilines is 1. The molecule has 0 bridgehead atoms. The molecule has 2 aromatic rings. The summed E-state index contributed by atoms with van der Waals surface area (Å²) in [5.74, 6) is -4.09. The second-order valence-electron chi connectivity index (χ2n) is 6.08. The third-order valence-corrected chi connectivity index (χ3v) is 4.03. The van der Waals surface area contributed by atoms with Crippen LogP contribution in [-0.4, -0.2) is 19.6 Å². The number of nitrogens with one attached hydrogen (secondary N) is 2. The van der Waals surface area contributed by atoms with E-state index in [4.69, 9.17) is 9.47 Å². The maximum Gasteiger partial charge on any atom is 0.269 e. The van der Waals surface area contributed by atoms with E-state index in [0.717, 1.165) is 37.8 Å². The molecule has 0 aliphatic rings. The monoisotopic (exact) mass is 396 g/mol. The van der Waals surface area contributed by atoms with Crippen LogP contribution in [0.15, 0.2) is 30.3 Å². The Hall–Kier alpha value is -2.90. The summed E-state index contributed by atoms with van der Waals surface area (Å²) in [4.78, 5) is 12.2. The van der Waals surface area contributed by atoms with Crippen molar-refractivity contribution >= 4 is 11.6 Å². The zero-order chi connectivity index (χ0) is 20.5. The summed E-state index contributed by atoms with van der Waals surface area (Å²) in [7, 11) is 1.45. The first-order valence-electron chi connectivity index (χ1n) is 8.98. The van der Waals surface area contributed by atoms with Crippen LogP contribution in [0.5, 0.6) is 11.5 Å². The van der Waals surface area contributed by atoms with Crippen molar-refractivity contribution in [2.75, 3.05) is 19.1 Å². The van der Waals surface area contributed by atoms with Crippen LogP contribution in [0, 0.1) is 17.5 Å². The molecule has 0 fully saturated rings. The lowest BCUT2D eigenvalue weighted by Crippen LogP contribution is -2.30. The number of hydrazine groups is 1. The van der Waals surface area contributed by atoms with Crippen molar-refractivity contribution in [1.82, 2.24) is 5.43 Å². The number of ether oxygens (including phenoxy) is 2. The van der Waals surface area contributed by atoms with Crippen LogP contribution in [0.1, 0.15) is 43.0 Å². The summed E-state index contributed by atoms with van der Waals surface area (Å²) in [5, 5.41) is 0. The van der Waals surface area contributed by atoms with E-state index in [2.05, 4.69) is 17.8 Å². The van der Waals surface area contributed by atoms with Crippen LogP contribution in [0.3, 0.4) is 0 Å². The lowest BCUT2D eigenvalue weighted by atomic mass is 10.2. The van der Waals surface area contributed by atoms with Gasteiger partial charge in [0.25, 0.3) is 5.91 Å². The first kappa shape index (κ1) is 21.4. The van der Waals surface area contributed by atoms with Gasteiger partial charge in [-0.3, -0.25) is 15.6 Å². The second kappa shape index (κ2) is 10.4. The highest BCUT2D eigenvalue weighted by atomic mass is 19.2. The number of amides is 1. The molecule has 2 aromatic carbocycles. The number of halogens is 3. The third kappa shape index (κ3) is 5.55. The lowest BCUT2D eigenvalue weighted by Gasteiger charge is -2.13. The lowest BCUT2D eigenvalue weighted by molar-refractivity contribution is 0.0962. The summed E-state index contributed by atoms with van der Waals surface area (Å²) >= 11 is 0. The molecule has 0 heterocycles. The molecule has 8 heteroatoms. The second-order valence-corrected chi connectivity index (χ2v) is 6.08. The van der Waals surface area contributed by atoms with E-state index < -0.39 is 29.0 Å². The molecule has 0 unspecified atom stereocenters. The highest BCUT2D eigenvalue weighted by Gasteiger charge is 2.15. The standard InChI is InChI=1S/C20H23F3N2O3/c1-3-4-5-6-11-28-16-10-7-13(12-17(16)27-2)20(26)25-24-15-9-8-14(21)18(22)19(15)23/h7-10,12,24H,3-6,11H2,1-2H3,(H,25,26). The van der Waals surface area contributed by atoms with Crippen LogP contribution in [0.2, 0.25) is 0 Å². The number of unbranched alkanes of at least 4 members (excludes halogenated alkanes) is 3. The average molecular weight is 396 g/mol. The molecule has 0 aliphatic heterocycles. The van der Waals surface area contributed by atoms with Gasteiger partial charge in [-0.2, -0.15) is 0 Å². The third-order valence-electron chi connectivity index (χ3n) is 4.03. The van der Waals surface area contributed by atoms with Gasteiger partial charge in [-0.1, -0.05) is 26.2 Å². The van der Waals surface area contributed by atoms with E-state index in [1.54, 1.807) is 6.07 Å². The summed E-state index contributed by atoms with van der Waals surface area (Å²) in [5.41, 5.74) is 4.27. The Labute approximate surface area is 161 Å². The van der Waals surface area contributed by atoms with Gasteiger partial charge in [-0.25, -0.2) is 13.2 Å². The highest BCUT2D eigenvalue weighted by molar-refractivity contribution is 5.95. The molecule has 28 heavy (non-hydrogen) atoms. The van der Waals surface area contributed by atoms with Gasteiger partial charge >= 0.3 is 0 Å². The number of carbonyl (C=O) groups is 1. The van der Waals surface area contributed by atoms with E-state index in [1.165, 1.54) is 19.2 Å². The Kier molecular flexibility index (Phi) is 7.98. The number of carbonyl (C=O) groups excluding carboxylic acids is 1. The van der Waals surface area contributed by atoms with Gasteiger partial charge < -0.3 is 9.47 Å². The van der Waals surface area contributed by atoms with Gasteiger partial charge in [0.05, 0.1) is 19.4 Å². The smallest absolute Gasteiger partial charge is 0.269 e. The zero-order valence-electron chi connectivity index (χ0n) is 15.8. The Morgan fingerprint density at radius 1 is 1.00 bits per heavy atom. The number of methoxy groups -OCH3 is 1. The summed E-state index contributed by atoms with van der Waals surface area (Å²) in [6.45, 7) is 2.67. The van der Waals surface area contributed by atoms with Crippen LogP contribution in [-0.2, 0) is 0 Å². The molecule has 0 saturated carbocycles. The first-order valence-corrected chi connectivity index (χ1v) is 8.98. The molecule has 1 amide bonds. The molecular formula is C20H23F3N2O3. The first-order chi connectivity index (χ1) is 13.5. The fourth-order valence-electron chi connectivity index (χ4n) is 2.46. The van der Waals surface area contributed by atoms with E-state index in [9.17, 15) is 18.0 Å². The maximum atomic E-state index is 13.6. The molecule has 2 rings (SSSR count). The zero-order valence-corrected chi connectivity index (χ0v) is 15.8. The van der Waals surface area contributed by atoms with E-state index >= 15 is 0 Å². The molecule has 5 nitrogen and oxygen atoms in total. The van der Waals surface area contributed by atoms with Crippen LogP contribution < -0.4 is 20.3 Å². The van der Waals surface area contributed by atoms with Gasteiger partial charge in [0.15, 0.2) is 29.0 Å². The Bertz CT molecular complexity index is 816. The van der Waals surface area contributed by atoms with Crippen molar-refractivity contribution in [1.29, 1.82) is 0 Å². The van der Waals surface area contributed by atoms with E-state index in [0.29, 0.717) is 18.1 Å². The molecule has 0 spiro atoms. The van der Waals surface area contributed by atoms with E-state index in [-0.39, 0.29) is 5.56 Å². The van der Waals surface area contributed by atoms with Gasteiger partial charge in [-0.15, -0.1) is 0 Å². The molecule has 0 atom stereocenters. The summed E-state index contributed by atoms with van der Waals surface area (Å²) in [6, 6.07) is 6.32. The minimum atomic E-state index is -1.62. The topological polar surface area (TPSA) is 59.6 Å². The van der Waals surface area contributed by atoms with Crippen molar-refractivity contribution in [3.05, 3.63) is 53.3 Å². The maximum absolute atomic E-state index is 13.6. The predicted octanol–water partition coefficient (Wildman–Crippen LogP) is 4.83.